The minimum atomic E-state index is -3.53. The van der Waals surface area contributed by atoms with E-state index < -0.39 is 333 Å². The van der Waals surface area contributed by atoms with Gasteiger partial charge in [0.05, 0.1) is 132 Å². The Morgan fingerprint density at radius 3 is 1.29 bits per heavy atom. The summed E-state index contributed by atoms with van der Waals surface area (Å²) in [6.45, 7) is 6.98. The normalized spacial score (nSPS) is 42.0. The molecule has 23 fully saturated rings. The maximum Gasteiger partial charge on any atom is 0.321 e. The molecular formula is C88H145N4O49PS3. The van der Waals surface area contributed by atoms with E-state index in [0.29, 0.717) is 17.1 Å². The Morgan fingerprint density at radius 2 is 0.924 bits per heavy atom. The molecule has 1 aromatic heterocycles. The molecule has 28 N–H and O–H groups in total. The number of fused-ring (bicyclic) bond motifs is 1. The van der Waals surface area contributed by atoms with Crippen LogP contribution in [0, 0.1) is 23.2 Å². The first kappa shape index (κ1) is 123. The zero-order valence-electron chi connectivity index (χ0n) is 81.1. The van der Waals surface area contributed by atoms with Crippen LogP contribution in [0.15, 0.2) is 11.0 Å². The van der Waals surface area contributed by atoms with Crippen molar-refractivity contribution in [2.75, 3.05) is 102 Å². The number of epoxide rings is 1. The summed E-state index contributed by atoms with van der Waals surface area (Å²) in [5.74, 6) is -7.83. The molecule has 23 aliphatic heterocycles. The predicted octanol–water partition coefficient (Wildman–Crippen LogP) is -9.61. The van der Waals surface area contributed by atoms with Crippen molar-refractivity contribution in [1.82, 2.24) is 15.4 Å². The minimum Gasteiger partial charge on any atom is -0.481 e. The van der Waals surface area contributed by atoms with Crippen LogP contribution in [0.1, 0.15) is 111 Å². The Kier molecular flexibility index (Phi) is 47.4. The molecular weight excluding hydrogens is 2020 g/mol. The summed E-state index contributed by atoms with van der Waals surface area (Å²) in [7, 11) is -2.18. The number of carbonyl (C=O) groups excluding carboxylic acids is 4. The summed E-state index contributed by atoms with van der Waals surface area (Å²) in [6.07, 6.45) is -71.9. The van der Waals surface area contributed by atoms with Crippen LogP contribution < -0.4 is 16.1 Å². The Balaban J connectivity index is 0.000000426. The smallest absolute Gasteiger partial charge is 0.321 e. The van der Waals surface area contributed by atoms with Gasteiger partial charge in [-0.25, -0.2) is 10.1 Å². The van der Waals surface area contributed by atoms with Gasteiger partial charge in [0, 0.05) is 66.5 Å². The first-order chi connectivity index (χ1) is 68.5. The van der Waals surface area contributed by atoms with Gasteiger partial charge < -0.3 is 219 Å². The van der Waals surface area contributed by atoms with Gasteiger partial charge in [-0.05, 0) is 58.2 Å². The molecule has 1 aromatic rings. The monoisotopic (exact) mass is 2170 g/mol. The van der Waals surface area contributed by atoms with E-state index in [-0.39, 0.29) is 111 Å². The van der Waals surface area contributed by atoms with E-state index in [1.807, 2.05) is 32.2 Å². The SMILES string of the molecule is C/C(=C\c1csc(CNP(=O)(O)CCN)n1)C1C[C@H]2O[C@@]2(C)CCCC(C)[C@@H](O)[C@H](C)C(=O)C(C)(C)C(O)CC(=O)O1.CNC(CSCC1O[C@@H]2O[C@@H]3C(CO)O[C@H](O[C@@H]4C(CO)O[C@H](O[C@H]5C(CO)O[C@H](O[C@@H]6C(CSC[C@@H](CC(=O)CCOCCOCCC(C)=O)C(=O)O)O[C@H](O[C@@H]7C(CO)O[C@H](O[C@@H]8C(CO)O[C@@H](O[C@@H]1[C@H](O)C2O)C(O)[C@H]8O)C(O)[C@H]7O)C(O)[C@H]6O)C(O)[C@H]5O)C(O)[C@H]4O)C(O)[C@H]3O)C(=O)O. The van der Waals surface area contributed by atoms with Crippen molar-refractivity contribution in [2.24, 2.45) is 28.9 Å². The molecule has 0 saturated carbocycles. The van der Waals surface area contributed by atoms with E-state index in [9.17, 15) is 156 Å². The van der Waals surface area contributed by atoms with E-state index in [0.717, 1.165) is 48.4 Å². The topological polar surface area (TPSA) is 837 Å². The van der Waals surface area contributed by atoms with Crippen LogP contribution in [0.2, 0.25) is 0 Å². The molecule has 19 unspecified atom stereocenters. The number of hydrogen-bond acceptors (Lipinski definition) is 52. The molecule has 0 radical (unpaired) electrons. The zero-order chi connectivity index (χ0) is 107. The molecule has 23 aliphatic rings. The molecule has 24 rings (SSSR count). The number of nitrogens with two attached hydrogens (primary N) is 1. The predicted molar refractivity (Wildman–Crippen MR) is 493 cm³/mol. The second kappa shape index (κ2) is 55.9. The summed E-state index contributed by atoms with van der Waals surface area (Å²) >= 11 is 3.00. The number of aliphatic hydroxyl groups is 21. The Labute approximate surface area is 846 Å². The van der Waals surface area contributed by atoms with Crippen LogP contribution in [0.3, 0.4) is 0 Å². The summed E-state index contributed by atoms with van der Waals surface area (Å²) < 4.78 is 117. The molecule has 0 spiro atoms. The largest absolute Gasteiger partial charge is 0.481 e. The van der Waals surface area contributed by atoms with E-state index >= 15 is 0 Å². The summed E-state index contributed by atoms with van der Waals surface area (Å²) in [4.78, 5) is 89.5. The number of aliphatic carboxylic acids is 2. The lowest BCUT2D eigenvalue weighted by Crippen LogP contribution is -2.68. The standard InChI is InChI=1S/C59H97NO41S2.C29H48N3O8PS/c1-19(66)3-5-86-7-8-87-6-4-21(67)9-20(51(82)83)15-102-17-28-49-35(73)42(80)58(93-28)98-47-26(13-64)89-55(38(76)31(47)69)97-46-25(12-63)92-57(41(79)34(46)72)101-50-29(18-103-16-22(60-2)52(84)85)94-59(43(81)36(50)74)99-48-27(14-65)90-54(39(77)32(48)70)95-44-23(10-61)88-53(37(75)30(44)68)96-45-24(11-62)91-56(100-49)40(78)33(45)71;1-17-8-7-9-29(6)23(40-29)13-21(39-25(34)14-22(33)28(4,5)27(36)19(3)26(17)35)18(2)12-20-16-42-24(32-20)15-31-41(37,38)11-10-30/h20,22-50,53-65,68-81H,3-18H2,1-2H3,(H,82,83)(H,84,85);12,16-17,19,21-23,26,33,35H,7-11,13-15,30H2,1-6H3,(H2,31,37,38)/b;18-12+/t20-,22?,23?,24?,25?,26?,27?,28?,29?,30-,31-,32-,33-,34-,35-,36-,37?,38?,39?,40?,41?,42?,43?,44-,45+,46-,47-,48-,49-,50+,53-,54-,55-,56-,57+,58-,59-;17?,19-,21?,22?,23+,26+,29-/m10/s1. The number of aromatic nitrogens is 1. The third kappa shape index (κ3) is 31.7. The number of nitrogens with one attached hydrogen (secondary N) is 2. The van der Waals surface area contributed by atoms with Crippen molar-refractivity contribution in [2.45, 2.75) is 357 Å². The number of likely N-dealkylation sites (N-methyl/N-ethyl adjacent to an activating group) is 1. The number of carboxylic acids is 2. The summed E-state index contributed by atoms with van der Waals surface area (Å²) in [5.41, 5.74) is 5.11. The molecule has 0 amide bonds. The second-order valence-electron chi connectivity index (χ2n) is 38.4. The third-order valence-electron chi connectivity index (χ3n) is 27.3. The molecule has 145 heavy (non-hydrogen) atoms. The van der Waals surface area contributed by atoms with Gasteiger partial charge in [-0.3, -0.25) is 33.3 Å². The number of nitrogens with zero attached hydrogens (tertiary/aromatic N) is 1. The second-order valence-corrected chi connectivity index (χ2v) is 43.7. The molecule has 53 nitrogen and oxygen atoms in total. The van der Waals surface area contributed by atoms with Crippen LogP contribution in [-0.4, -0.2) is 516 Å². The fourth-order valence-electron chi connectivity index (χ4n) is 18.2. The number of ether oxygens (including phenoxy) is 18. The molecule has 0 aliphatic carbocycles. The number of rotatable bonds is 34. The molecule has 45 atom stereocenters. The lowest BCUT2D eigenvalue weighted by Gasteiger charge is -2.50. The fraction of sp³-hybridized carbons (Fsp3) is 0.875. The van der Waals surface area contributed by atoms with Crippen molar-refractivity contribution in [3.05, 3.63) is 21.7 Å². The average Bonchev–Trinajstić information content (AvgIpc) is 1.73. The Hall–Kier alpha value is -3.96. The van der Waals surface area contributed by atoms with Crippen molar-refractivity contribution >= 4 is 83.7 Å². The maximum absolute atomic E-state index is 13.3. The fourth-order valence-corrected chi connectivity index (χ4v) is 22.2. The van der Waals surface area contributed by atoms with Gasteiger partial charge in [-0.2, -0.15) is 23.5 Å². The maximum atomic E-state index is 13.3. The first-order valence-electron chi connectivity index (χ1n) is 47.9. The quantitative estimate of drug-likeness (QED) is 0.0132. The molecule has 24 heterocycles. The van der Waals surface area contributed by atoms with Gasteiger partial charge in [0.2, 0.25) is 0 Å². The highest BCUT2D eigenvalue weighted by atomic mass is 32.2. The van der Waals surface area contributed by atoms with Crippen LogP contribution in [0.25, 0.3) is 6.08 Å². The van der Waals surface area contributed by atoms with E-state index in [1.165, 1.54) is 25.3 Å². The number of aliphatic hydroxyl groups excluding tert-OH is 21. The van der Waals surface area contributed by atoms with Crippen LogP contribution in [0.5, 0.6) is 0 Å². The van der Waals surface area contributed by atoms with Crippen molar-refractivity contribution in [1.29, 1.82) is 0 Å². The first-order valence-corrected chi connectivity index (χ1v) is 52.9. The van der Waals surface area contributed by atoms with Crippen LogP contribution >= 0.6 is 42.4 Å². The Morgan fingerprint density at radius 1 is 0.545 bits per heavy atom. The lowest BCUT2D eigenvalue weighted by molar-refractivity contribution is -0.395. The minimum absolute atomic E-state index is 0.0283. The number of carboxylic acid groups (broad SMARTS) is 2. The third-order valence-corrected chi connectivity index (χ3v) is 32.0. The van der Waals surface area contributed by atoms with Gasteiger partial charge in [-0.15, -0.1) is 11.3 Å². The van der Waals surface area contributed by atoms with Gasteiger partial charge in [0.15, 0.2) is 44.0 Å². The molecule has 834 valence electrons. The average molecular weight is 2170 g/mol. The van der Waals surface area contributed by atoms with Crippen molar-refractivity contribution in [3.63, 3.8) is 0 Å². The number of esters is 1. The molecule has 57 heteroatoms. The number of Topliss-reactive ketones (excluding diaryl/α,β-unsaturated/α-hetero) is 3. The number of ketones is 3. The van der Waals surface area contributed by atoms with Crippen molar-refractivity contribution in [3.8, 4) is 0 Å². The van der Waals surface area contributed by atoms with Gasteiger partial charge in [0.25, 0.3) is 7.52 Å². The Bertz CT molecular complexity index is 4290. The number of cyclic esters (lactones) is 1. The van der Waals surface area contributed by atoms with Crippen LogP contribution in [-0.2, 0) is 125 Å². The molecule has 0 aromatic carbocycles. The number of thioether (sulfide) groups is 2. The van der Waals surface area contributed by atoms with E-state index in [4.69, 9.17) is 91.0 Å². The van der Waals surface area contributed by atoms with E-state index in [2.05, 4.69) is 15.4 Å². The lowest BCUT2D eigenvalue weighted by atomic mass is 9.73. The number of thiazole rings is 1. The number of hydrogen-bond donors (Lipinski definition) is 27. The van der Waals surface area contributed by atoms with E-state index in [1.54, 1.807) is 20.8 Å². The van der Waals surface area contributed by atoms with Gasteiger partial charge in [0.1, 0.15) is 193 Å². The molecule has 14 bridgehead atoms. The summed E-state index contributed by atoms with van der Waals surface area (Å²) in [5, 5.41) is 266. The highest BCUT2D eigenvalue weighted by Crippen LogP contribution is 2.47. The zero-order valence-corrected chi connectivity index (χ0v) is 84.4. The van der Waals surface area contributed by atoms with Gasteiger partial charge >= 0.3 is 17.9 Å². The highest BCUT2D eigenvalue weighted by Gasteiger charge is 2.61. The van der Waals surface area contributed by atoms with Crippen molar-refractivity contribution < 1.29 is 241 Å². The number of carbonyl (C=O) groups is 6. The van der Waals surface area contributed by atoms with Crippen LogP contribution in [0.4, 0.5) is 0 Å². The molecule has 23 saturated heterocycles. The van der Waals surface area contributed by atoms with Gasteiger partial charge in [-0.1, -0.05) is 34.1 Å². The highest BCUT2D eigenvalue weighted by molar-refractivity contribution is 7.99. The summed E-state index contributed by atoms with van der Waals surface area (Å²) in [6, 6.07) is -1.18.